The molecule has 0 unspecified atom stereocenters. The lowest BCUT2D eigenvalue weighted by molar-refractivity contribution is 0.102. The molecule has 0 aliphatic carbocycles. The number of likely N-dealkylation sites (N-methyl/N-ethyl adjacent to an activating group) is 1. The number of nitrogens with one attached hydrogen (secondary N) is 2. The third-order valence-corrected chi connectivity index (χ3v) is 6.88. The van der Waals surface area contributed by atoms with E-state index in [9.17, 15) is 4.79 Å². The maximum absolute atomic E-state index is 12.8. The number of pyridine rings is 1. The monoisotopic (exact) mass is 459 g/mol. The average molecular weight is 460 g/mol. The Kier molecular flexibility index (Phi) is 5.65. The minimum Gasteiger partial charge on any atom is -0.376 e. The van der Waals surface area contributed by atoms with E-state index < -0.39 is 0 Å². The molecule has 4 heterocycles. The van der Waals surface area contributed by atoms with E-state index in [0.29, 0.717) is 11.3 Å². The third kappa shape index (κ3) is 4.24. The molecule has 1 aliphatic rings. The number of fused-ring (bicyclic) bond motifs is 3. The van der Waals surface area contributed by atoms with Crippen molar-refractivity contribution in [1.82, 2.24) is 19.9 Å². The van der Waals surface area contributed by atoms with Crippen molar-refractivity contribution in [3.05, 3.63) is 65.1 Å². The van der Waals surface area contributed by atoms with Gasteiger partial charge < -0.3 is 20.4 Å². The molecule has 4 aromatic rings. The van der Waals surface area contributed by atoms with Crippen molar-refractivity contribution in [1.29, 1.82) is 0 Å². The number of hydrogen-bond donors (Lipinski definition) is 2. The molecule has 9 heteroatoms. The molecule has 0 fully saturated rings. The van der Waals surface area contributed by atoms with Crippen molar-refractivity contribution in [2.45, 2.75) is 13.0 Å². The van der Waals surface area contributed by atoms with E-state index >= 15 is 0 Å². The Bertz CT molecular complexity index is 1320. The van der Waals surface area contributed by atoms with Crippen LogP contribution in [0, 0.1) is 0 Å². The molecule has 0 radical (unpaired) electrons. The van der Waals surface area contributed by atoms with Gasteiger partial charge in [0.1, 0.15) is 17.0 Å². The van der Waals surface area contributed by atoms with E-state index in [1.54, 1.807) is 42.2 Å². The molecule has 1 aromatic carbocycles. The molecule has 1 amide bonds. The van der Waals surface area contributed by atoms with Crippen LogP contribution in [0.1, 0.15) is 20.8 Å². The standard InChI is InChI=1S/C24H25N7OS/c1-30(2)19-5-4-16(12-18(19)29-23(32)15-6-9-25-10-7-15)28-22-21-17-8-11-31(3)13-20(17)33-24(21)27-14-26-22/h4-7,9-10,12,14H,8,11,13H2,1-3H3,(H,29,32)(H,26,27,28). The van der Waals surface area contributed by atoms with Crippen LogP contribution in [0.2, 0.25) is 0 Å². The second-order valence-electron chi connectivity index (χ2n) is 8.34. The Morgan fingerprint density at radius 3 is 2.76 bits per heavy atom. The van der Waals surface area contributed by atoms with Gasteiger partial charge in [0.2, 0.25) is 0 Å². The van der Waals surface area contributed by atoms with E-state index in [-0.39, 0.29) is 5.91 Å². The zero-order chi connectivity index (χ0) is 22.9. The van der Waals surface area contributed by atoms with Crippen LogP contribution in [-0.2, 0) is 13.0 Å². The van der Waals surface area contributed by atoms with Crippen molar-refractivity contribution in [3.8, 4) is 0 Å². The summed E-state index contributed by atoms with van der Waals surface area (Å²) in [5.41, 5.74) is 4.36. The van der Waals surface area contributed by atoms with E-state index in [1.807, 2.05) is 37.2 Å². The second kappa shape index (κ2) is 8.76. The zero-order valence-corrected chi connectivity index (χ0v) is 19.6. The van der Waals surface area contributed by atoms with Gasteiger partial charge in [0.25, 0.3) is 5.91 Å². The lowest BCUT2D eigenvalue weighted by Gasteiger charge is -2.22. The van der Waals surface area contributed by atoms with E-state index in [0.717, 1.165) is 46.9 Å². The summed E-state index contributed by atoms with van der Waals surface area (Å²) in [5, 5.41) is 7.61. The van der Waals surface area contributed by atoms with Gasteiger partial charge in [0, 0.05) is 55.7 Å². The number of thiophene rings is 1. The molecule has 168 valence electrons. The summed E-state index contributed by atoms with van der Waals surface area (Å²) in [7, 11) is 6.05. The van der Waals surface area contributed by atoms with Gasteiger partial charge in [-0.2, -0.15) is 0 Å². The number of hydrogen-bond acceptors (Lipinski definition) is 8. The van der Waals surface area contributed by atoms with Gasteiger partial charge in [0.05, 0.1) is 16.8 Å². The first kappa shape index (κ1) is 21.3. The number of carbonyl (C=O) groups excluding carboxylic acids is 1. The third-order valence-electron chi connectivity index (χ3n) is 5.76. The van der Waals surface area contributed by atoms with Gasteiger partial charge in [-0.15, -0.1) is 11.3 Å². The summed E-state index contributed by atoms with van der Waals surface area (Å²) >= 11 is 1.74. The molecule has 8 nitrogen and oxygen atoms in total. The van der Waals surface area contributed by atoms with Gasteiger partial charge in [-0.25, -0.2) is 9.97 Å². The highest BCUT2D eigenvalue weighted by Crippen LogP contribution is 2.38. The molecular weight excluding hydrogens is 434 g/mol. The van der Waals surface area contributed by atoms with Crippen LogP contribution >= 0.6 is 11.3 Å². The molecule has 1 aliphatic heterocycles. The molecule has 2 N–H and O–H groups in total. The van der Waals surface area contributed by atoms with Crippen LogP contribution in [0.4, 0.5) is 22.9 Å². The second-order valence-corrected chi connectivity index (χ2v) is 9.42. The van der Waals surface area contributed by atoms with E-state index in [4.69, 9.17) is 0 Å². The minimum absolute atomic E-state index is 0.182. The zero-order valence-electron chi connectivity index (χ0n) is 18.8. The number of amides is 1. The molecule has 3 aromatic heterocycles. The predicted molar refractivity (Wildman–Crippen MR) is 134 cm³/mol. The largest absolute Gasteiger partial charge is 0.376 e. The highest BCUT2D eigenvalue weighted by molar-refractivity contribution is 7.19. The molecule has 0 spiro atoms. The molecule has 0 atom stereocenters. The number of nitrogens with zero attached hydrogens (tertiary/aromatic N) is 5. The quantitative estimate of drug-likeness (QED) is 0.464. The maximum Gasteiger partial charge on any atom is 0.255 e. The van der Waals surface area contributed by atoms with Gasteiger partial charge in [-0.1, -0.05) is 0 Å². The summed E-state index contributed by atoms with van der Waals surface area (Å²) in [5.74, 6) is 0.615. The van der Waals surface area contributed by atoms with E-state index in [1.165, 1.54) is 10.4 Å². The van der Waals surface area contributed by atoms with Crippen LogP contribution in [-0.4, -0.2) is 53.4 Å². The first-order valence-corrected chi connectivity index (χ1v) is 11.5. The first-order valence-electron chi connectivity index (χ1n) is 10.7. The summed E-state index contributed by atoms with van der Waals surface area (Å²) in [6, 6.07) is 9.32. The van der Waals surface area contributed by atoms with Gasteiger partial charge in [0.15, 0.2) is 0 Å². The fourth-order valence-electron chi connectivity index (χ4n) is 4.09. The van der Waals surface area contributed by atoms with Crippen LogP contribution < -0.4 is 15.5 Å². The number of carbonyl (C=O) groups is 1. The normalized spacial score (nSPS) is 13.5. The molecule has 5 rings (SSSR count). The number of anilines is 4. The Morgan fingerprint density at radius 1 is 1.15 bits per heavy atom. The highest BCUT2D eigenvalue weighted by Gasteiger charge is 2.22. The Morgan fingerprint density at radius 2 is 1.97 bits per heavy atom. The summed E-state index contributed by atoms with van der Waals surface area (Å²) in [4.78, 5) is 32.5. The number of rotatable bonds is 5. The highest BCUT2D eigenvalue weighted by atomic mass is 32.1. The van der Waals surface area contributed by atoms with Crippen LogP contribution in [0.3, 0.4) is 0 Å². The van der Waals surface area contributed by atoms with Crippen molar-refractivity contribution in [2.24, 2.45) is 0 Å². The Hall–Kier alpha value is -3.56. The lowest BCUT2D eigenvalue weighted by atomic mass is 10.1. The lowest BCUT2D eigenvalue weighted by Crippen LogP contribution is -2.25. The topological polar surface area (TPSA) is 86.3 Å². The van der Waals surface area contributed by atoms with Gasteiger partial charge >= 0.3 is 0 Å². The molecule has 0 bridgehead atoms. The molecule has 33 heavy (non-hydrogen) atoms. The fraction of sp³-hybridized carbons (Fsp3) is 0.250. The molecule has 0 saturated heterocycles. The number of aromatic nitrogens is 3. The summed E-state index contributed by atoms with van der Waals surface area (Å²) in [6.07, 6.45) is 5.82. The van der Waals surface area contributed by atoms with Crippen LogP contribution in [0.25, 0.3) is 10.2 Å². The first-order chi connectivity index (χ1) is 16.0. The Labute approximate surface area is 196 Å². The maximum atomic E-state index is 12.8. The van der Waals surface area contributed by atoms with Crippen molar-refractivity contribution in [3.63, 3.8) is 0 Å². The fourth-order valence-corrected chi connectivity index (χ4v) is 5.36. The minimum atomic E-state index is -0.182. The summed E-state index contributed by atoms with van der Waals surface area (Å²) in [6.45, 7) is 1.97. The molecule has 0 saturated carbocycles. The average Bonchev–Trinajstić information content (AvgIpc) is 3.18. The Balaban J connectivity index is 1.49. The summed E-state index contributed by atoms with van der Waals surface area (Å²) < 4.78 is 0. The smallest absolute Gasteiger partial charge is 0.255 e. The van der Waals surface area contributed by atoms with Crippen LogP contribution in [0.5, 0.6) is 0 Å². The van der Waals surface area contributed by atoms with Crippen molar-refractivity contribution in [2.75, 3.05) is 43.2 Å². The van der Waals surface area contributed by atoms with E-state index in [2.05, 4.69) is 37.5 Å². The van der Waals surface area contributed by atoms with Crippen LogP contribution in [0.15, 0.2) is 49.1 Å². The van der Waals surface area contributed by atoms with Crippen molar-refractivity contribution < 1.29 is 4.79 Å². The number of benzene rings is 1. The molecular formula is C24H25N7OS. The van der Waals surface area contributed by atoms with Gasteiger partial charge in [-0.3, -0.25) is 9.78 Å². The van der Waals surface area contributed by atoms with Crippen molar-refractivity contribution >= 4 is 50.3 Å². The SMILES string of the molecule is CN1CCc2c(sc3ncnc(Nc4ccc(N(C)C)c(NC(=O)c5ccncc5)c4)c23)C1. The predicted octanol–water partition coefficient (Wildman–Crippen LogP) is 4.14. The van der Waals surface area contributed by atoms with Gasteiger partial charge in [-0.05, 0) is 49.4 Å².